The molecule has 0 saturated carbocycles. The molecule has 2 aliphatic heterocycles. The maximum absolute atomic E-state index is 12.4. The molecule has 0 unspecified atom stereocenters. The van der Waals surface area contributed by atoms with Gasteiger partial charge >= 0.3 is 0 Å². The molecule has 1 aromatic carbocycles. The molecule has 1 fully saturated rings. The Kier molecular flexibility index (Phi) is 4.53. The van der Waals surface area contributed by atoms with E-state index in [0.717, 1.165) is 5.56 Å². The molecule has 0 aliphatic carbocycles. The number of ether oxygens (including phenoxy) is 2. The predicted octanol–water partition coefficient (Wildman–Crippen LogP) is 1.15. The van der Waals surface area contributed by atoms with E-state index in [2.05, 4.69) is 0 Å². The summed E-state index contributed by atoms with van der Waals surface area (Å²) in [6.45, 7) is 0.469. The molecule has 3 rings (SSSR count). The second-order valence-electron chi connectivity index (χ2n) is 4.92. The zero-order chi connectivity index (χ0) is 16.4. The van der Waals surface area contributed by atoms with Crippen LogP contribution >= 0.6 is 24.0 Å². The highest BCUT2D eigenvalue weighted by Gasteiger charge is 2.31. The first-order valence-corrected chi connectivity index (χ1v) is 8.12. The number of rotatable bonds is 5. The first kappa shape index (κ1) is 15.8. The summed E-state index contributed by atoms with van der Waals surface area (Å²) in [4.78, 5) is 24.7. The molecule has 0 radical (unpaired) electrons. The van der Waals surface area contributed by atoms with Crippen LogP contribution < -0.4 is 14.6 Å². The lowest BCUT2D eigenvalue weighted by Gasteiger charge is -2.14. The van der Waals surface area contributed by atoms with E-state index in [1.165, 1.54) is 16.7 Å². The Bertz CT molecular complexity index is 716. The molecule has 1 aromatic rings. The fraction of sp³-hybridized carbons (Fsp3) is 0.267. The first-order valence-electron chi connectivity index (χ1n) is 6.89. The summed E-state index contributed by atoms with van der Waals surface area (Å²) >= 11 is 6.39. The van der Waals surface area contributed by atoms with E-state index < -0.39 is 5.97 Å². The summed E-state index contributed by atoms with van der Waals surface area (Å²) in [5.74, 6) is -0.0254. The molecular weight excluding hydrogens is 338 g/mol. The van der Waals surface area contributed by atoms with Gasteiger partial charge in [-0.25, -0.2) is 0 Å². The van der Waals surface area contributed by atoms with Gasteiger partial charge in [0.1, 0.15) is 4.32 Å². The van der Waals surface area contributed by atoms with E-state index in [9.17, 15) is 14.7 Å². The molecule has 1 amide bonds. The monoisotopic (exact) mass is 350 g/mol. The predicted molar refractivity (Wildman–Crippen MR) is 86.7 cm³/mol. The smallest absolute Gasteiger partial charge is 0.266 e. The van der Waals surface area contributed by atoms with Gasteiger partial charge in [-0.1, -0.05) is 30.0 Å². The van der Waals surface area contributed by atoms with Crippen molar-refractivity contribution in [3.63, 3.8) is 0 Å². The molecule has 1 saturated heterocycles. The molecule has 2 heterocycles. The topological polar surface area (TPSA) is 78.9 Å². The molecule has 8 heteroatoms. The third kappa shape index (κ3) is 3.48. The number of carbonyl (C=O) groups excluding carboxylic acids is 2. The van der Waals surface area contributed by atoms with Crippen molar-refractivity contribution in [2.24, 2.45) is 0 Å². The number of hydrogen-bond acceptors (Lipinski definition) is 7. The minimum absolute atomic E-state index is 0.0989. The van der Waals surface area contributed by atoms with Crippen molar-refractivity contribution >= 4 is 46.3 Å². The third-order valence-electron chi connectivity index (χ3n) is 3.33. The van der Waals surface area contributed by atoms with Gasteiger partial charge in [-0.05, 0) is 36.6 Å². The lowest BCUT2D eigenvalue weighted by molar-refractivity contribution is -0.305. The average Bonchev–Trinajstić information content (AvgIpc) is 3.06. The van der Waals surface area contributed by atoms with Gasteiger partial charge in [-0.15, -0.1) is 0 Å². The highest BCUT2D eigenvalue weighted by atomic mass is 32.2. The number of carboxylic acid groups (broad SMARTS) is 1. The van der Waals surface area contributed by atoms with Crippen LogP contribution in [0.5, 0.6) is 11.5 Å². The molecule has 120 valence electrons. The Morgan fingerprint density at radius 1 is 1.39 bits per heavy atom. The number of thioether (sulfide) groups is 1. The van der Waals surface area contributed by atoms with E-state index in [-0.39, 0.29) is 25.7 Å². The van der Waals surface area contributed by atoms with Crippen LogP contribution in [0.2, 0.25) is 0 Å². The van der Waals surface area contributed by atoms with Crippen molar-refractivity contribution in [1.82, 2.24) is 4.90 Å². The molecule has 0 N–H and O–H groups in total. The molecular formula is C15H12NO5S2-. The fourth-order valence-electron chi connectivity index (χ4n) is 2.23. The summed E-state index contributed by atoms with van der Waals surface area (Å²) in [5, 5.41) is 10.4. The number of carboxylic acids is 1. The van der Waals surface area contributed by atoms with Crippen LogP contribution in [0.1, 0.15) is 18.4 Å². The SMILES string of the molecule is O=C([O-])CCCN1C(=O)/C(=C\c2ccc3c(c2)OCO3)SC1=S. The number of carbonyl (C=O) groups is 2. The largest absolute Gasteiger partial charge is 0.550 e. The van der Waals surface area contributed by atoms with Crippen LogP contribution in [-0.4, -0.2) is 34.4 Å². The maximum Gasteiger partial charge on any atom is 0.266 e. The van der Waals surface area contributed by atoms with E-state index in [1.54, 1.807) is 18.2 Å². The number of nitrogens with zero attached hydrogens (tertiary/aromatic N) is 1. The van der Waals surface area contributed by atoms with Crippen LogP contribution in [0, 0.1) is 0 Å². The van der Waals surface area contributed by atoms with Crippen molar-refractivity contribution in [3.8, 4) is 11.5 Å². The highest BCUT2D eigenvalue weighted by molar-refractivity contribution is 8.26. The quantitative estimate of drug-likeness (QED) is 0.582. The third-order valence-corrected chi connectivity index (χ3v) is 4.71. The lowest BCUT2D eigenvalue weighted by atomic mass is 10.2. The van der Waals surface area contributed by atoms with E-state index in [4.69, 9.17) is 21.7 Å². The zero-order valence-electron chi connectivity index (χ0n) is 11.9. The van der Waals surface area contributed by atoms with Gasteiger partial charge in [-0.3, -0.25) is 9.69 Å². The summed E-state index contributed by atoms with van der Waals surface area (Å²) in [5.41, 5.74) is 0.810. The van der Waals surface area contributed by atoms with Gasteiger partial charge in [0, 0.05) is 12.5 Å². The van der Waals surface area contributed by atoms with Gasteiger partial charge in [0.15, 0.2) is 11.5 Å². The summed E-state index contributed by atoms with van der Waals surface area (Å²) < 4.78 is 11.0. The highest BCUT2D eigenvalue weighted by Crippen LogP contribution is 2.36. The van der Waals surface area contributed by atoms with Crippen LogP contribution in [0.15, 0.2) is 23.1 Å². The number of fused-ring (bicyclic) bond motifs is 1. The minimum atomic E-state index is -1.13. The lowest BCUT2D eigenvalue weighted by Crippen LogP contribution is -2.30. The molecule has 0 atom stereocenters. The number of hydrogen-bond donors (Lipinski definition) is 0. The zero-order valence-corrected chi connectivity index (χ0v) is 13.6. The standard InChI is InChI=1S/C15H13NO5S2/c17-13(18)2-1-5-16-14(19)12(23-15(16)22)7-9-3-4-10-11(6-9)21-8-20-10/h3-4,6-7H,1-2,5,8H2,(H,17,18)/p-1/b12-7+. The Labute approximate surface area is 142 Å². The first-order chi connectivity index (χ1) is 11.0. The maximum atomic E-state index is 12.4. The summed E-state index contributed by atoms with van der Waals surface area (Å²) in [6.07, 6.45) is 1.95. The number of aliphatic carboxylic acids is 1. The molecule has 0 spiro atoms. The molecule has 6 nitrogen and oxygen atoms in total. The van der Waals surface area contributed by atoms with Crippen LogP contribution in [0.4, 0.5) is 0 Å². The average molecular weight is 350 g/mol. The molecule has 23 heavy (non-hydrogen) atoms. The van der Waals surface area contributed by atoms with E-state index >= 15 is 0 Å². The Morgan fingerprint density at radius 2 is 2.17 bits per heavy atom. The van der Waals surface area contributed by atoms with Crippen molar-refractivity contribution in [2.45, 2.75) is 12.8 Å². The second kappa shape index (κ2) is 6.59. The van der Waals surface area contributed by atoms with E-state index in [0.29, 0.717) is 27.1 Å². The van der Waals surface area contributed by atoms with Gasteiger partial charge in [0.05, 0.1) is 4.91 Å². The Hall–Kier alpha value is -2.06. The summed E-state index contributed by atoms with van der Waals surface area (Å²) in [7, 11) is 0. The molecule has 0 aromatic heterocycles. The van der Waals surface area contributed by atoms with Gasteiger partial charge in [0.25, 0.3) is 5.91 Å². The van der Waals surface area contributed by atoms with E-state index in [1.807, 2.05) is 6.07 Å². The number of amides is 1. The van der Waals surface area contributed by atoms with Crippen LogP contribution in [0.25, 0.3) is 6.08 Å². The molecule has 2 aliphatic rings. The van der Waals surface area contributed by atoms with Gasteiger partial charge < -0.3 is 19.4 Å². The Balaban J connectivity index is 1.72. The summed E-state index contributed by atoms with van der Waals surface area (Å²) in [6, 6.07) is 5.41. The number of thiocarbonyl (C=S) groups is 1. The van der Waals surface area contributed by atoms with Crippen molar-refractivity contribution in [2.75, 3.05) is 13.3 Å². The molecule has 0 bridgehead atoms. The Morgan fingerprint density at radius 3 is 2.96 bits per heavy atom. The number of benzene rings is 1. The van der Waals surface area contributed by atoms with Crippen molar-refractivity contribution in [3.05, 3.63) is 28.7 Å². The van der Waals surface area contributed by atoms with Crippen LogP contribution in [0.3, 0.4) is 0 Å². The van der Waals surface area contributed by atoms with Crippen molar-refractivity contribution < 1.29 is 24.2 Å². The second-order valence-corrected chi connectivity index (χ2v) is 6.60. The van der Waals surface area contributed by atoms with Gasteiger partial charge in [0.2, 0.25) is 6.79 Å². The normalized spacial score (nSPS) is 18.1. The minimum Gasteiger partial charge on any atom is -0.550 e. The van der Waals surface area contributed by atoms with Crippen molar-refractivity contribution in [1.29, 1.82) is 0 Å². The van der Waals surface area contributed by atoms with Gasteiger partial charge in [-0.2, -0.15) is 0 Å². The fourth-order valence-corrected chi connectivity index (χ4v) is 3.54. The van der Waals surface area contributed by atoms with Crippen LogP contribution in [-0.2, 0) is 9.59 Å².